The summed E-state index contributed by atoms with van der Waals surface area (Å²) < 4.78 is 5.28. The number of carbonyl (C=O) groups excluding carboxylic acids is 1. The molecule has 4 aliphatic rings. The van der Waals surface area contributed by atoms with Gasteiger partial charge in [0.2, 0.25) is 0 Å². The van der Waals surface area contributed by atoms with Gasteiger partial charge < -0.3 is 4.74 Å². The fourth-order valence-corrected chi connectivity index (χ4v) is 9.70. The van der Waals surface area contributed by atoms with E-state index >= 15 is 0 Å². The topological polar surface area (TPSA) is 26.3 Å². The molecule has 0 saturated heterocycles. The lowest BCUT2D eigenvalue weighted by Crippen LogP contribution is -2.53. The largest absolute Gasteiger partial charge is 0.466 e. The predicted octanol–water partition coefficient (Wildman–Crippen LogP) is 8.29. The van der Waals surface area contributed by atoms with E-state index in [2.05, 4.69) is 34.6 Å². The summed E-state index contributed by atoms with van der Waals surface area (Å²) in [5, 5.41) is 0. The van der Waals surface area contributed by atoms with Crippen molar-refractivity contribution in [3.8, 4) is 0 Å². The van der Waals surface area contributed by atoms with Crippen LogP contribution < -0.4 is 0 Å². The van der Waals surface area contributed by atoms with Crippen LogP contribution in [0.15, 0.2) is 0 Å². The molecular formula is C30H52O2. The zero-order chi connectivity index (χ0) is 23.1. The van der Waals surface area contributed by atoms with Gasteiger partial charge in [-0.05, 0) is 110 Å². The Bertz CT molecular complexity index is 657. The number of hydrogen-bond acceptors (Lipinski definition) is 2. The fraction of sp³-hybridized carbons (Fsp3) is 0.967. The highest BCUT2D eigenvalue weighted by atomic mass is 16.5. The third kappa shape index (κ3) is 4.43. The zero-order valence-electron chi connectivity index (χ0n) is 22.1. The fourth-order valence-electron chi connectivity index (χ4n) is 9.70. The Hall–Kier alpha value is -0.530. The molecule has 2 nitrogen and oxygen atoms in total. The monoisotopic (exact) mass is 444 g/mol. The molecule has 184 valence electrons. The highest BCUT2D eigenvalue weighted by Gasteiger charge is 2.60. The third-order valence-electron chi connectivity index (χ3n) is 11.9. The molecule has 10 atom stereocenters. The molecule has 4 rings (SSSR count). The molecule has 0 amide bonds. The van der Waals surface area contributed by atoms with Crippen LogP contribution in [0, 0.1) is 58.2 Å². The van der Waals surface area contributed by atoms with Crippen molar-refractivity contribution in [3.63, 3.8) is 0 Å². The lowest BCUT2D eigenvalue weighted by Gasteiger charge is -2.61. The molecule has 4 aliphatic carbocycles. The first-order valence-electron chi connectivity index (χ1n) is 14.3. The van der Waals surface area contributed by atoms with Gasteiger partial charge in [-0.2, -0.15) is 0 Å². The number of fused-ring (bicyclic) bond motifs is 5. The standard InChI is InChI=1S/C30H52O2/c1-20(22(3)19-32-23(4)31)10-11-21(2)26-14-15-27-25-13-12-24-9-7-8-17-29(24,5)28(25)16-18-30(26,27)6/h20-22,24-28H,7-19H2,1-6H3/t20-,21-,22?,24?,25+,26-,27+,28+,29+,30-/m1/s1. The Morgan fingerprint density at radius 1 is 0.844 bits per heavy atom. The van der Waals surface area contributed by atoms with E-state index in [4.69, 9.17) is 4.74 Å². The lowest BCUT2D eigenvalue weighted by atomic mass is 9.44. The molecule has 2 heteroatoms. The van der Waals surface area contributed by atoms with Crippen molar-refractivity contribution in [2.24, 2.45) is 58.2 Å². The van der Waals surface area contributed by atoms with Crippen molar-refractivity contribution >= 4 is 5.97 Å². The number of rotatable bonds is 7. The van der Waals surface area contributed by atoms with E-state index in [1.807, 2.05) is 0 Å². The zero-order valence-corrected chi connectivity index (χ0v) is 22.1. The van der Waals surface area contributed by atoms with Gasteiger partial charge in [0.05, 0.1) is 6.61 Å². The van der Waals surface area contributed by atoms with E-state index in [1.165, 1.54) is 84.0 Å². The maximum atomic E-state index is 11.2. The SMILES string of the molecule is CC(=O)OCC(C)[C@H](C)CC[C@@H](C)[C@H]1CC[C@H]2[C@@H]3CCC4CCCC[C@]4(C)[C@H]3CC[C@]12C. The molecule has 32 heavy (non-hydrogen) atoms. The van der Waals surface area contributed by atoms with Gasteiger partial charge in [0, 0.05) is 6.92 Å². The number of ether oxygens (including phenoxy) is 1. The van der Waals surface area contributed by atoms with E-state index in [9.17, 15) is 4.79 Å². The Morgan fingerprint density at radius 3 is 2.34 bits per heavy atom. The van der Waals surface area contributed by atoms with Gasteiger partial charge in [-0.25, -0.2) is 0 Å². The normalized spacial score (nSPS) is 44.0. The van der Waals surface area contributed by atoms with Gasteiger partial charge in [-0.1, -0.05) is 60.3 Å². The summed E-state index contributed by atoms with van der Waals surface area (Å²) in [6.45, 7) is 14.7. The highest BCUT2D eigenvalue weighted by Crippen LogP contribution is 2.68. The molecule has 0 N–H and O–H groups in total. The molecule has 0 aromatic carbocycles. The number of carbonyl (C=O) groups is 1. The van der Waals surface area contributed by atoms with Crippen molar-refractivity contribution in [2.45, 2.75) is 119 Å². The first-order chi connectivity index (χ1) is 15.2. The minimum absolute atomic E-state index is 0.144. The van der Waals surface area contributed by atoms with Crippen molar-refractivity contribution in [3.05, 3.63) is 0 Å². The molecule has 2 unspecified atom stereocenters. The van der Waals surface area contributed by atoms with Gasteiger partial charge >= 0.3 is 5.97 Å². The maximum absolute atomic E-state index is 11.2. The van der Waals surface area contributed by atoms with E-state index in [0.717, 1.165) is 35.5 Å². The van der Waals surface area contributed by atoms with E-state index < -0.39 is 0 Å². The smallest absolute Gasteiger partial charge is 0.302 e. The predicted molar refractivity (Wildman–Crippen MR) is 133 cm³/mol. The van der Waals surface area contributed by atoms with Gasteiger partial charge in [0.15, 0.2) is 0 Å². The van der Waals surface area contributed by atoms with Crippen molar-refractivity contribution in [2.75, 3.05) is 6.61 Å². The van der Waals surface area contributed by atoms with E-state index in [1.54, 1.807) is 0 Å². The minimum atomic E-state index is -0.144. The minimum Gasteiger partial charge on any atom is -0.466 e. The Kier molecular flexibility index (Phi) is 7.39. The van der Waals surface area contributed by atoms with Crippen LogP contribution in [0.3, 0.4) is 0 Å². The van der Waals surface area contributed by atoms with Crippen LogP contribution in [0.4, 0.5) is 0 Å². The maximum Gasteiger partial charge on any atom is 0.302 e. The molecule has 0 aromatic rings. The van der Waals surface area contributed by atoms with Crippen LogP contribution in [0.1, 0.15) is 119 Å². The summed E-state index contributed by atoms with van der Waals surface area (Å²) in [6.07, 6.45) is 17.7. The highest BCUT2D eigenvalue weighted by molar-refractivity contribution is 5.65. The quantitative estimate of drug-likeness (QED) is 0.369. The summed E-state index contributed by atoms with van der Waals surface area (Å²) in [5.41, 5.74) is 1.25. The van der Waals surface area contributed by atoms with Crippen molar-refractivity contribution in [1.82, 2.24) is 0 Å². The Labute approximate surface area is 199 Å². The van der Waals surface area contributed by atoms with Crippen molar-refractivity contribution < 1.29 is 9.53 Å². The van der Waals surface area contributed by atoms with Gasteiger partial charge in [-0.3, -0.25) is 4.79 Å². The number of esters is 1. The summed E-state index contributed by atoms with van der Waals surface area (Å²) in [5.74, 6) is 6.76. The number of hydrogen-bond donors (Lipinski definition) is 0. The molecule has 4 saturated carbocycles. The van der Waals surface area contributed by atoms with Crippen molar-refractivity contribution in [1.29, 1.82) is 0 Å². The summed E-state index contributed by atoms with van der Waals surface area (Å²) >= 11 is 0. The van der Waals surface area contributed by atoms with Gasteiger partial charge in [-0.15, -0.1) is 0 Å². The summed E-state index contributed by atoms with van der Waals surface area (Å²) in [6, 6.07) is 0. The Balaban J connectivity index is 1.36. The first kappa shape index (κ1) is 24.6. The van der Waals surface area contributed by atoms with Gasteiger partial charge in [0.1, 0.15) is 0 Å². The van der Waals surface area contributed by atoms with Crippen LogP contribution in [0.25, 0.3) is 0 Å². The van der Waals surface area contributed by atoms with Crippen LogP contribution >= 0.6 is 0 Å². The second-order valence-corrected chi connectivity index (χ2v) is 13.4. The summed E-state index contributed by atoms with van der Waals surface area (Å²) in [4.78, 5) is 11.2. The third-order valence-corrected chi connectivity index (χ3v) is 11.9. The molecule has 0 aromatic heterocycles. The second kappa shape index (κ2) is 9.61. The van der Waals surface area contributed by atoms with E-state index in [-0.39, 0.29) is 5.97 Å². The molecular weight excluding hydrogens is 392 g/mol. The summed E-state index contributed by atoms with van der Waals surface area (Å²) in [7, 11) is 0. The van der Waals surface area contributed by atoms with Crippen LogP contribution in [-0.2, 0) is 9.53 Å². The molecule has 0 aliphatic heterocycles. The lowest BCUT2D eigenvalue weighted by molar-refractivity contribution is -0.142. The molecule has 4 fully saturated rings. The van der Waals surface area contributed by atoms with E-state index in [0.29, 0.717) is 29.3 Å². The molecule has 0 radical (unpaired) electrons. The van der Waals surface area contributed by atoms with Crippen LogP contribution in [0.2, 0.25) is 0 Å². The van der Waals surface area contributed by atoms with Crippen LogP contribution in [0.5, 0.6) is 0 Å². The first-order valence-corrected chi connectivity index (χ1v) is 14.3. The Morgan fingerprint density at radius 2 is 1.59 bits per heavy atom. The average Bonchev–Trinajstić information content (AvgIpc) is 3.12. The average molecular weight is 445 g/mol. The molecule has 0 heterocycles. The second-order valence-electron chi connectivity index (χ2n) is 13.4. The molecule has 0 bridgehead atoms. The van der Waals surface area contributed by atoms with Gasteiger partial charge in [0.25, 0.3) is 0 Å². The van der Waals surface area contributed by atoms with Crippen LogP contribution in [-0.4, -0.2) is 12.6 Å². The molecule has 0 spiro atoms.